The van der Waals surface area contributed by atoms with E-state index >= 15 is 0 Å². The number of piperazine rings is 1. The summed E-state index contributed by atoms with van der Waals surface area (Å²) in [6.45, 7) is 9.96. The zero-order valence-electron chi connectivity index (χ0n) is 11.5. The Morgan fingerprint density at radius 3 is 2.56 bits per heavy atom. The first-order chi connectivity index (χ1) is 8.56. The first-order valence-electron chi connectivity index (χ1n) is 6.98. The third kappa shape index (κ3) is 3.43. The molecule has 2 aliphatic heterocycles. The van der Waals surface area contributed by atoms with Crippen LogP contribution in [-0.4, -0.2) is 83.7 Å². The van der Waals surface area contributed by atoms with Gasteiger partial charge in [0.25, 0.3) is 0 Å². The van der Waals surface area contributed by atoms with Crippen LogP contribution in [0.15, 0.2) is 0 Å². The zero-order valence-corrected chi connectivity index (χ0v) is 11.5. The number of rotatable bonds is 4. The lowest BCUT2D eigenvalue weighted by atomic mass is 10.1. The number of hydrogen-bond donors (Lipinski definition) is 1. The quantitative estimate of drug-likeness (QED) is 0.743. The lowest BCUT2D eigenvalue weighted by Crippen LogP contribution is -2.56. The molecule has 0 aromatic carbocycles. The number of hydrogen-bond acceptors (Lipinski definition) is 4. The molecule has 2 heterocycles. The lowest BCUT2D eigenvalue weighted by Gasteiger charge is -2.41. The van der Waals surface area contributed by atoms with Crippen molar-refractivity contribution in [2.75, 3.05) is 45.8 Å². The van der Waals surface area contributed by atoms with Gasteiger partial charge in [-0.3, -0.25) is 14.6 Å². The molecule has 104 valence electrons. The molecule has 5 nitrogen and oxygen atoms in total. The summed E-state index contributed by atoms with van der Waals surface area (Å²) in [5.41, 5.74) is 0. The van der Waals surface area contributed by atoms with Gasteiger partial charge in [-0.1, -0.05) is 0 Å². The van der Waals surface area contributed by atoms with E-state index in [1.807, 2.05) is 11.8 Å². The van der Waals surface area contributed by atoms with E-state index in [4.69, 9.17) is 0 Å². The molecule has 0 bridgehead atoms. The molecule has 2 fully saturated rings. The predicted molar refractivity (Wildman–Crippen MR) is 70.4 cm³/mol. The Bertz CT molecular complexity index is 292. The van der Waals surface area contributed by atoms with E-state index in [1.54, 1.807) is 0 Å². The van der Waals surface area contributed by atoms with Gasteiger partial charge in [0.1, 0.15) is 0 Å². The molecule has 5 heteroatoms. The first-order valence-corrected chi connectivity index (χ1v) is 6.98. The number of nitrogens with zero attached hydrogens (tertiary/aromatic N) is 3. The van der Waals surface area contributed by atoms with Crippen molar-refractivity contribution in [3.05, 3.63) is 0 Å². The first kappa shape index (κ1) is 13.8. The van der Waals surface area contributed by atoms with Crippen molar-refractivity contribution in [3.8, 4) is 0 Å². The van der Waals surface area contributed by atoms with Crippen molar-refractivity contribution in [3.63, 3.8) is 0 Å². The topological polar surface area (TPSA) is 47.0 Å². The standard InChI is InChI=1S/C13H25N3O2/c1-11-8-14(6-7-16(11)9-12(2)17)10-13(18)15-4-3-5-15/h11-12,17H,3-10H2,1-2H3. The second-order valence-corrected chi connectivity index (χ2v) is 5.66. The van der Waals surface area contributed by atoms with Gasteiger partial charge >= 0.3 is 0 Å². The van der Waals surface area contributed by atoms with E-state index in [-0.39, 0.29) is 12.0 Å². The van der Waals surface area contributed by atoms with Crippen LogP contribution in [0, 0.1) is 0 Å². The predicted octanol–water partition coefficient (Wildman–Crippen LogP) is -0.394. The molecule has 2 atom stereocenters. The molecule has 0 aromatic rings. The molecule has 2 rings (SSSR count). The van der Waals surface area contributed by atoms with E-state index in [9.17, 15) is 9.90 Å². The second-order valence-electron chi connectivity index (χ2n) is 5.66. The van der Waals surface area contributed by atoms with E-state index in [1.165, 1.54) is 0 Å². The van der Waals surface area contributed by atoms with Crippen LogP contribution in [0.5, 0.6) is 0 Å². The summed E-state index contributed by atoms with van der Waals surface area (Å²) in [7, 11) is 0. The van der Waals surface area contributed by atoms with Crippen molar-refractivity contribution in [1.82, 2.24) is 14.7 Å². The van der Waals surface area contributed by atoms with Crippen LogP contribution in [0.25, 0.3) is 0 Å². The average molecular weight is 255 g/mol. The van der Waals surface area contributed by atoms with E-state index in [0.717, 1.165) is 45.7 Å². The van der Waals surface area contributed by atoms with Crippen LogP contribution >= 0.6 is 0 Å². The molecular formula is C13H25N3O2. The highest BCUT2D eigenvalue weighted by atomic mass is 16.3. The molecule has 0 aliphatic carbocycles. The van der Waals surface area contributed by atoms with Gasteiger partial charge in [-0.25, -0.2) is 0 Å². The Morgan fingerprint density at radius 1 is 1.33 bits per heavy atom. The highest BCUT2D eigenvalue weighted by molar-refractivity contribution is 5.78. The minimum atomic E-state index is -0.276. The smallest absolute Gasteiger partial charge is 0.236 e. The molecule has 2 aliphatic rings. The molecule has 0 aromatic heterocycles. The minimum Gasteiger partial charge on any atom is -0.392 e. The fourth-order valence-corrected chi connectivity index (χ4v) is 2.68. The van der Waals surface area contributed by atoms with Gasteiger partial charge in [0.2, 0.25) is 5.91 Å². The average Bonchev–Trinajstić information content (AvgIpc) is 2.18. The van der Waals surface area contributed by atoms with Gasteiger partial charge in [0.05, 0.1) is 12.6 Å². The van der Waals surface area contributed by atoms with Crippen molar-refractivity contribution >= 4 is 5.91 Å². The summed E-state index contributed by atoms with van der Waals surface area (Å²) in [4.78, 5) is 18.4. The van der Waals surface area contributed by atoms with Crippen molar-refractivity contribution in [1.29, 1.82) is 0 Å². The summed E-state index contributed by atoms with van der Waals surface area (Å²) < 4.78 is 0. The number of amides is 1. The maximum Gasteiger partial charge on any atom is 0.236 e. The van der Waals surface area contributed by atoms with Crippen molar-refractivity contribution in [2.24, 2.45) is 0 Å². The number of carbonyl (C=O) groups is 1. The number of aliphatic hydroxyl groups excluding tert-OH is 1. The summed E-state index contributed by atoms with van der Waals surface area (Å²) in [6, 6.07) is 0.414. The molecule has 2 saturated heterocycles. The number of β-amino-alcohol motifs (C(OH)–C–C–N with tert-alkyl or cyclic N) is 1. The fraction of sp³-hybridized carbons (Fsp3) is 0.923. The molecule has 2 unspecified atom stereocenters. The maximum atomic E-state index is 11.9. The number of carbonyl (C=O) groups excluding carboxylic acids is 1. The van der Waals surface area contributed by atoms with E-state index in [0.29, 0.717) is 12.6 Å². The second kappa shape index (κ2) is 5.99. The number of likely N-dealkylation sites (tertiary alicyclic amines) is 1. The summed E-state index contributed by atoms with van der Waals surface area (Å²) in [5.74, 6) is 0.275. The maximum absolute atomic E-state index is 11.9. The molecule has 1 amide bonds. The zero-order chi connectivity index (χ0) is 13.1. The highest BCUT2D eigenvalue weighted by Crippen LogP contribution is 2.12. The minimum absolute atomic E-state index is 0.275. The third-order valence-electron chi connectivity index (χ3n) is 3.92. The van der Waals surface area contributed by atoms with Crippen LogP contribution < -0.4 is 0 Å². The summed E-state index contributed by atoms with van der Waals surface area (Å²) >= 11 is 0. The molecule has 1 N–H and O–H groups in total. The van der Waals surface area contributed by atoms with Gasteiger partial charge < -0.3 is 10.0 Å². The molecular weight excluding hydrogens is 230 g/mol. The van der Waals surface area contributed by atoms with Crippen molar-refractivity contribution < 1.29 is 9.90 Å². The van der Waals surface area contributed by atoms with Crippen LogP contribution in [0.2, 0.25) is 0 Å². The van der Waals surface area contributed by atoms with E-state index < -0.39 is 0 Å². The molecule has 18 heavy (non-hydrogen) atoms. The van der Waals surface area contributed by atoms with E-state index in [2.05, 4.69) is 16.7 Å². The van der Waals surface area contributed by atoms with Crippen LogP contribution in [0.4, 0.5) is 0 Å². The Balaban J connectivity index is 1.75. The normalized spacial score (nSPS) is 27.9. The summed E-state index contributed by atoms with van der Waals surface area (Å²) in [6.07, 6.45) is 0.881. The van der Waals surface area contributed by atoms with Gasteiger partial charge in [-0.2, -0.15) is 0 Å². The van der Waals surface area contributed by atoms with Crippen LogP contribution in [-0.2, 0) is 4.79 Å². The Labute approximate surface area is 109 Å². The van der Waals surface area contributed by atoms with Crippen LogP contribution in [0.1, 0.15) is 20.3 Å². The van der Waals surface area contributed by atoms with Crippen LogP contribution in [0.3, 0.4) is 0 Å². The third-order valence-corrected chi connectivity index (χ3v) is 3.92. The largest absolute Gasteiger partial charge is 0.392 e. The van der Waals surface area contributed by atoms with Gasteiger partial charge in [-0.15, -0.1) is 0 Å². The fourth-order valence-electron chi connectivity index (χ4n) is 2.68. The number of aliphatic hydroxyl groups is 1. The SMILES string of the molecule is CC(O)CN1CCN(CC(=O)N2CCC2)CC1C. The lowest BCUT2D eigenvalue weighted by molar-refractivity contribution is -0.136. The Hall–Kier alpha value is -0.650. The monoisotopic (exact) mass is 255 g/mol. The Kier molecular flexibility index (Phi) is 4.59. The van der Waals surface area contributed by atoms with Gasteiger partial charge in [0.15, 0.2) is 0 Å². The Morgan fingerprint density at radius 2 is 2.06 bits per heavy atom. The highest BCUT2D eigenvalue weighted by Gasteiger charge is 2.28. The molecule has 0 spiro atoms. The van der Waals surface area contributed by atoms with Gasteiger partial charge in [0, 0.05) is 45.3 Å². The summed E-state index contributed by atoms with van der Waals surface area (Å²) in [5, 5.41) is 9.43. The van der Waals surface area contributed by atoms with Gasteiger partial charge in [-0.05, 0) is 20.3 Å². The molecule has 0 saturated carbocycles. The van der Waals surface area contributed by atoms with Crippen molar-refractivity contribution in [2.45, 2.75) is 32.4 Å². The molecule has 0 radical (unpaired) electrons.